The van der Waals surface area contributed by atoms with Crippen LogP contribution in [0.2, 0.25) is 0 Å². The van der Waals surface area contributed by atoms with Gasteiger partial charge in [0.25, 0.3) is 0 Å². The SMILES string of the molecule is Cc1cc(C(=N)N)nc(N2CCC(CO)C2)n1. The van der Waals surface area contributed by atoms with Crippen molar-refractivity contribution < 1.29 is 5.11 Å². The van der Waals surface area contributed by atoms with Crippen molar-refractivity contribution in [2.24, 2.45) is 11.7 Å². The summed E-state index contributed by atoms with van der Waals surface area (Å²) < 4.78 is 0. The molecule has 6 heteroatoms. The molecule has 1 fully saturated rings. The number of aliphatic hydroxyl groups is 1. The van der Waals surface area contributed by atoms with Gasteiger partial charge < -0.3 is 15.7 Å². The van der Waals surface area contributed by atoms with Gasteiger partial charge in [0.15, 0.2) is 0 Å². The monoisotopic (exact) mass is 235 g/mol. The standard InChI is InChI=1S/C11H17N5O/c1-7-4-9(10(12)13)15-11(14-7)16-3-2-8(5-16)6-17/h4,8,17H,2-3,5-6H2,1H3,(H3,12,13). The van der Waals surface area contributed by atoms with E-state index >= 15 is 0 Å². The minimum Gasteiger partial charge on any atom is -0.396 e. The topological polar surface area (TPSA) is 99.1 Å². The van der Waals surface area contributed by atoms with Crippen molar-refractivity contribution in [3.8, 4) is 0 Å². The van der Waals surface area contributed by atoms with Gasteiger partial charge in [0.1, 0.15) is 11.5 Å². The number of hydrogen-bond donors (Lipinski definition) is 3. The molecular weight excluding hydrogens is 218 g/mol. The van der Waals surface area contributed by atoms with Gasteiger partial charge in [-0.25, -0.2) is 9.97 Å². The number of nitrogens with two attached hydrogens (primary N) is 1. The first-order valence-corrected chi connectivity index (χ1v) is 5.66. The molecule has 1 aromatic rings. The summed E-state index contributed by atoms with van der Waals surface area (Å²) in [5, 5.41) is 16.5. The van der Waals surface area contributed by atoms with E-state index in [9.17, 15) is 0 Å². The Bertz CT molecular complexity index is 434. The lowest BCUT2D eigenvalue weighted by Crippen LogP contribution is -2.25. The predicted octanol–water partition coefficient (Wildman–Crippen LogP) is -0.112. The molecule has 17 heavy (non-hydrogen) atoms. The van der Waals surface area contributed by atoms with Gasteiger partial charge in [-0.2, -0.15) is 0 Å². The fourth-order valence-electron chi connectivity index (χ4n) is 2.00. The molecule has 2 rings (SSSR count). The largest absolute Gasteiger partial charge is 0.396 e. The smallest absolute Gasteiger partial charge is 0.226 e. The highest BCUT2D eigenvalue weighted by Gasteiger charge is 2.24. The molecule has 0 spiro atoms. The zero-order chi connectivity index (χ0) is 12.4. The minimum atomic E-state index is -0.0466. The summed E-state index contributed by atoms with van der Waals surface area (Å²) in [6.07, 6.45) is 0.948. The number of aryl methyl sites for hydroxylation is 1. The Morgan fingerprint density at radius 1 is 1.65 bits per heavy atom. The second kappa shape index (κ2) is 4.67. The number of nitrogens with one attached hydrogen (secondary N) is 1. The molecule has 1 saturated heterocycles. The molecule has 6 nitrogen and oxygen atoms in total. The Hall–Kier alpha value is -1.69. The van der Waals surface area contributed by atoms with Crippen molar-refractivity contribution in [2.45, 2.75) is 13.3 Å². The maximum Gasteiger partial charge on any atom is 0.226 e. The molecule has 0 bridgehead atoms. The van der Waals surface area contributed by atoms with Crippen molar-refractivity contribution >= 4 is 11.8 Å². The summed E-state index contributed by atoms with van der Waals surface area (Å²) in [5.41, 5.74) is 6.70. The van der Waals surface area contributed by atoms with Crippen LogP contribution in [-0.2, 0) is 0 Å². The Morgan fingerprint density at radius 2 is 2.41 bits per heavy atom. The third-order valence-electron chi connectivity index (χ3n) is 2.95. The van der Waals surface area contributed by atoms with Crippen LogP contribution in [0.25, 0.3) is 0 Å². The summed E-state index contributed by atoms with van der Waals surface area (Å²) >= 11 is 0. The average molecular weight is 235 g/mol. The van der Waals surface area contributed by atoms with E-state index in [2.05, 4.69) is 9.97 Å². The Balaban J connectivity index is 2.24. The lowest BCUT2D eigenvalue weighted by Gasteiger charge is -2.17. The van der Waals surface area contributed by atoms with Crippen molar-refractivity contribution in [3.05, 3.63) is 17.5 Å². The first-order valence-electron chi connectivity index (χ1n) is 5.66. The molecule has 1 aliphatic rings. The van der Waals surface area contributed by atoms with Crippen LogP contribution >= 0.6 is 0 Å². The van der Waals surface area contributed by atoms with Crippen LogP contribution in [-0.4, -0.2) is 40.6 Å². The first kappa shape index (κ1) is 11.8. The normalized spacial score (nSPS) is 19.6. The van der Waals surface area contributed by atoms with Gasteiger partial charge >= 0.3 is 0 Å². The highest BCUT2D eigenvalue weighted by Crippen LogP contribution is 2.20. The fourth-order valence-corrected chi connectivity index (χ4v) is 2.00. The van der Waals surface area contributed by atoms with E-state index in [-0.39, 0.29) is 12.4 Å². The molecular formula is C11H17N5O. The van der Waals surface area contributed by atoms with Gasteiger partial charge in [0.05, 0.1) is 0 Å². The summed E-state index contributed by atoms with van der Waals surface area (Å²) in [4.78, 5) is 10.6. The molecule has 1 aliphatic heterocycles. The molecule has 0 amide bonds. The second-order valence-corrected chi connectivity index (χ2v) is 4.39. The van der Waals surface area contributed by atoms with Crippen LogP contribution in [0.5, 0.6) is 0 Å². The molecule has 1 aromatic heterocycles. The lowest BCUT2D eigenvalue weighted by atomic mass is 10.1. The number of nitrogens with zero attached hydrogens (tertiary/aromatic N) is 3. The lowest BCUT2D eigenvalue weighted by molar-refractivity contribution is 0.238. The van der Waals surface area contributed by atoms with Crippen LogP contribution in [0.4, 0.5) is 5.95 Å². The average Bonchev–Trinajstić information content (AvgIpc) is 2.76. The van der Waals surface area contributed by atoms with Gasteiger partial charge in [-0.3, -0.25) is 5.41 Å². The molecule has 4 N–H and O–H groups in total. The Morgan fingerprint density at radius 3 is 3.00 bits per heavy atom. The highest BCUT2D eigenvalue weighted by molar-refractivity contribution is 5.93. The van der Waals surface area contributed by atoms with Crippen LogP contribution in [0, 0.1) is 18.3 Å². The number of aromatic nitrogens is 2. The summed E-state index contributed by atoms with van der Waals surface area (Å²) in [6, 6.07) is 1.70. The van der Waals surface area contributed by atoms with Crippen molar-refractivity contribution in [1.82, 2.24) is 9.97 Å². The van der Waals surface area contributed by atoms with Crippen LogP contribution in [0.15, 0.2) is 6.07 Å². The molecule has 0 aromatic carbocycles. The van der Waals surface area contributed by atoms with Crippen LogP contribution in [0.3, 0.4) is 0 Å². The van der Waals surface area contributed by atoms with Crippen molar-refractivity contribution in [1.29, 1.82) is 5.41 Å². The van der Waals surface area contributed by atoms with Crippen LogP contribution in [0.1, 0.15) is 17.8 Å². The van der Waals surface area contributed by atoms with E-state index < -0.39 is 0 Å². The highest BCUT2D eigenvalue weighted by atomic mass is 16.3. The van der Waals surface area contributed by atoms with E-state index in [4.69, 9.17) is 16.2 Å². The van der Waals surface area contributed by atoms with Gasteiger partial charge in [0.2, 0.25) is 5.95 Å². The van der Waals surface area contributed by atoms with Crippen molar-refractivity contribution in [2.75, 3.05) is 24.6 Å². The fraction of sp³-hybridized carbons (Fsp3) is 0.545. The molecule has 2 heterocycles. The Labute approximate surface area is 100.0 Å². The molecule has 0 saturated carbocycles. The zero-order valence-corrected chi connectivity index (χ0v) is 9.85. The maximum atomic E-state index is 9.11. The molecule has 0 aliphatic carbocycles. The number of amidine groups is 1. The Kier molecular flexibility index (Phi) is 3.23. The number of aliphatic hydroxyl groups excluding tert-OH is 1. The van der Waals surface area contributed by atoms with Gasteiger partial charge in [-0.1, -0.05) is 0 Å². The number of hydrogen-bond acceptors (Lipinski definition) is 5. The van der Waals surface area contributed by atoms with Gasteiger partial charge in [-0.15, -0.1) is 0 Å². The van der Waals surface area contributed by atoms with E-state index in [0.717, 1.165) is 25.2 Å². The van der Waals surface area contributed by atoms with E-state index in [1.165, 1.54) is 0 Å². The van der Waals surface area contributed by atoms with E-state index in [1.807, 2.05) is 11.8 Å². The minimum absolute atomic E-state index is 0.0466. The number of anilines is 1. The number of nitrogen functional groups attached to an aromatic ring is 1. The number of rotatable bonds is 3. The quantitative estimate of drug-likeness (QED) is 0.501. The summed E-state index contributed by atoms with van der Waals surface area (Å²) in [7, 11) is 0. The van der Waals surface area contributed by atoms with Crippen LogP contribution < -0.4 is 10.6 Å². The zero-order valence-electron chi connectivity index (χ0n) is 9.85. The summed E-state index contributed by atoms with van der Waals surface area (Å²) in [6.45, 7) is 3.66. The van der Waals surface area contributed by atoms with Gasteiger partial charge in [0, 0.05) is 31.3 Å². The molecule has 92 valence electrons. The first-order chi connectivity index (χ1) is 8.10. The predicted molar refractivity (Wildman–Crippen MR) is 65.2 cm³/mol. The second-order valence-electron chi connectivity index (χ2n) is 4.39. The summed E-state index contributed by atoms with van der Waals surface area (Å²) in [5.74, 6) is 0.848. The molecule has 1 atom stereocenters. The van der Waals surface area contributed by atoms with Gasteiger partial charge in [-0.05, 0) is 19.4 Å². The van der Waals surface area contributed by atoms with Crippen molar-refractivity contribution in [3.63, 3.8) is 0 Å². The van der Waals surface area contributed by atoms with E-state index in [0.29, 0.717) is 17.6 Å². The van der Waals surface area contributed by atoms with E-state index in [1.54, 1.807) is 6.07 Å². The maximum absolute atomic E-state index is 9.11. The third-order valence-corrected chi connectivity index (χ3v) is 2.95. The molecule has 1 unspecified atom stereocenters. The third kappa shape index (κ3) is 2.52. The molecule has 0 radical (unpaired) electrons.